The Balaban J connectivity index is 1.33. The number of nitrogens with one attached hydrogen (secondary N) is 1. The van der Waals surface area contributed by atoms with Crippen molar-refractivity contribution in [1.29, 1.82) is 0 Å². The molecule has 2 atom stereocenters. The molecule has 0 bridgehead atoms. The number of hydrogen-bond acceptors (Lipinski definition) is 1. The van der Waals surface area contributed by atoms with E-state index in [0.717, 1.165) is 17.9 Å². The molecule has 0 radical (unpaired) electrons. The Labute approximate surface area is 117 Å². The lowest BCUT2D eigenvalue weighted by Crippen LogP contribution is -2.35. The molecule has 2 unspecified atom stereocenters. The molecule has 2 aliphatic carbocycles. The van der Waals surface area contributed by atoms with Crippen LogP contribution < -0.4 is 5.32 Å². The molecule has 3 rings (SSSR count). The Bertz CT molecular complexity index is 369. The van der Waals surface area contributed by atoms with Crippen molar-refractivity contribution in [2.45, 2.75) is 57.4 Å². The van der Waals surface area contributed by atoms with Crippen molar-refractivity contribution >= 4 is 0 Å². The van der Waals surface area contributed by atoms with Crippen LogP contribution in [0.2, 0.25) is 0 Å². The largest absolute Gasteiger partial charge is 0.314 e. The summed E-state index contributed by atoms with van der Waals surface area (Å²) < 4.78 is 0. The van der Waals surface area contributed by atoms with Crippen molar-refractivity contribution in [3.05, 3.63) is 35.9 Å². The fourth-order valence-electron chi connectivity index (χ4n) is 3.65. The van der Waals surface area contributed by atoms with E-state index in [2.05, 4.69) is 35.6 Å². The van der Waals surface area contributed by atoms with E-state index < -0.39 is 0 Å². The van der Waals surface area contributed by atoms with Crippen molar-refractivity contribution in [2.75, 3.05) is 6.54 Å². The predicted molar refractivity (Wildman–Crippen MR) is 81.2 cm³/mol. The first-order valence-electron chi connectivity index (χ1n) is 8.19. The molecule has 1 aromatic rings. The summed E-state index contributed by atoms with van der Waals surface area (Å²) in [7, 11) is 0. The van der Waals surface area contributed by atoms with Gasteiger partial charge in [-0.1, -0.05) is 43.2 Å². The molecule has 1 heteroatoms. The summed E-state index contributed by atoms with van der Waals surface area (Å²) >= 11 is 0. The highest BCUT2D eigenvalue weighted by Gasteiger charge is 2.34. The van der Waals surface area contributed by atoms with Crippen molar-refractivity contribution in [3.63, 3.8) is 0 Å². The SMILES string of the molecule is c1ccc(CCCNC2CCCC(C3CC3)C2)cc1. The third-order valence-electron chi connectivity index (χ3n) is 4.92. The van der Waals surface area contributed by atoms with Crippen LogP contribution in [0.4, 0.5) is 0 Å². The molecule has 0 aromatic heterocycles. The molecule has 2 aliphatic rings. The number of hydrogen-bond donors (Lipinski definition) is 1. The van der Waals surface area contributed by atoms with Gasteiger partial charge in [0.25, 0.3) is 0 Å². The molecule has 2 fully saturated rings. The number of benzene rings is 1. The Morgan fingerprint density at radius 3 is 2.58 bits per heavy atom. The lowest BCUT2D eigenvalue weighted by atomic mass is 9.82. The Morgan fingerprint density at radius 2 is 1.79 bits per heavy atom. The topological polar surface area (TPSA) is 12.0 Å². The van der Waals surface area contributed by atoms with Crippen LogP contribution in [0.25, 0.3) is 0 Å². The standard InChI is InChI=1S/C18H27N/c1-2-6-15(7-3-1)8-5-13-19-18-10-4-9-17(14-18)16-11-12-16/h1-3,6-7,16-19H,4-5,8-14H2. The molecule has 104 valence electrons. The predicted octanol–water partition coefficient (Wildman–Crippen LogP) is 4.18. The third kappa shape index (κ3) is 4.07. The van der Waals surface area contributed by atoms with Gasteiger partial charge in [0, 0.05) is 6.04 Å². The van der Waals surface area contributed by atoms with Crippen molar-refractivity contribution < 1.29 is 0 Å². The van der Waals surface area contributed by atoms with Gasteiger partial charge in [0.2, 0.25) is 0 Å². The van der Waals surface area contributed by atoms with E-state index in [1.165, 1.54) is 63.5 Å². The molecule has 0 aliphatic heterocycles. The normalized spacial score (nSPS) is 27.4. The maximum Gasteiger partial charge on any atom is 0.00698 e. The highest BCUT2D eigenvalue weighted by Crippen LogP contribution is 2.43. The van der Waals surface area contributed by atoms with Crippen LogP contribution in [0.5, 0.6) is 0 Å². The smallest absolute Gasteiger partial charge is 0.00698 e. The highest BCUT2D eigenvalue weighted by atomic mass is 14.9. The van der Waals surface area contributed by atoms with E-state index in [1.54, 1.807) is 0 Å². The quantitative estimate of drug-likeness (QED) is 0.754. The fraction of sp³-hybridized carbons (Fsp3) is 0.667. The minimum absolute atomic E-state index is 0.815. The van der Waals surface area contributed by atoms with Crippen LogP contribution in [0, 0.1) is 11.8 Å². The maximum atomic E-state index is 3.80. The lowest BCUT2D eigenvalue weighted by molar-refractivity contribution is 0.261. The maximum absolute atomic E-state index is 3.80. The van der Waals surface area contributed by atoms with Crippen molar-refractivity contribution in [2.24, 2.45) is 11.8 Å². The van der Waals surface area contributed by atoms with Crippen LogP contribution in [-0.4, -0.2) is 12.6 Å². The molecule has 1 N–H and O–H groups in total. The Hall–Kier alpha value is -0.820. The van der Waals surface area contributed by atoms with Crippen LogP contribution in [0.15, 0.2) is 30.3 Å². The van der Waals surface area contributed by atoms with E-state index in [4.69, 9.17) is 0 Å². The van der Waals surface area contributed by atoms with Gasteiger partial charge in [0.15, 0.2) is 0 Å². The fourth-order valence-corrected chi connectivity index (χ4v) is 3.65. The van der Waals surface area contributed by atoms with Crippen molar-refractivity contribution in [3.8, 4) is 0 Å². The molecule has 0 spiro atoms. The molecule has 0 saturated heterocycles. The van der Waals surface area contributed by atoms with E-state index in [1.807, 2.05) is 0 Å². The first kappa shape index (κ1) is 13.2. The summed E-state index contributed by atoms with van der Waals surface area (Å²) in [6.45, 7) is 1.19. The van der Waals surface area contributed by atoms with Crippen LogP contribution in [0.1, 0.15) is 50.5 Å². The number of rotatable bonds is 6. The van der Waals surface area contributed by atoms with E-state index in [0.29, 0.717) is 0 Å². The van der Waals surface area contributed by atoms with Gasteiger partial charge >= 0.3 is 0 Å². The Kier molecular flexibility index (Phi) is 4.55. The summed E-state index contributed by atoms with van der Waals surface area (Å²) in [6.07, 6.45) is 11.4. The zero-order valence-corrected chi connectivity index (χ0v) is 12.0. The highest BCUT2D eigenvalue weighted by molar-refractivity contribution is 5.14. The second-order valence-corrected chi connectivity index (χ2v) is 6.50. The Morgan fingerprint density at radius 1 is 0.947 bits per heavy atom. The van der Waals surface area contributed by atoms with E-state index in [9.17, 15) is 0 Å². The minimum atomic E-state index is 0.815. The average molecular weight is 257 g/mol. The second-order valence-electron chi connectivity index (χ2n) is 6.50. The summed E-state index contributed by atoms with van der Waals surface area (Å²) in [5.41, 5.74) is 1.48. The van der Waals surface area contributed by atoms with Gasteiger partial charge in [-0.05, 0) is 62.5 Å². The first-order chi connectivity index (χ1) is 9.42. The molecular formula is C18H27N. The van der Waals surface area contributed by atoms with Crippen molar-refractivity contribution in [1.82, 2.24) is 5.32 Å². The van der Waals surface area contributed by atoms with Gasteiger partial charge < -0.3 is 5.32 Å². The van der Waals surface area contributed by atoms with Gasteiger partial charge in [-0.25, -0.2) is 0 Å². The second kappa shape index (κ2) is 6.56. The summed E-state index contributed by atoms with van der Waals surface area (Å²) in [5, 5.41) is 3.80. The zero-order valence-electron chi connectivity index (χ0n) is 12.0. The molecule has 2 saturated carbocycles. The zero-order chi connectivity index (χ0) is 12.9. The van der Waals surface area contributed by atoms with Gasteiger partial charge in [0.05, 0.1) is 0 Å². The monoisotopic (exact) mass is 257 g/mol. The summed E-state index contributed by atoms with van der Waals surface area (Å²) in [6, 6.07) is 11.7. The average Bonchev–Trinajstić information content (AvgIpc) is 3.30. The van der Waals surface area contributed by atoms with Gasteiger partial charge in [-0.2, -0.15) is 0 Å². The lowest BCUT2D eigenvalue weighted by Gasteiger charge is -2.30. The molecule has 0 amide bonds. The van der Waals surface area contributed by atoms with Crippen LogP contribution >= 0.6 is 0 Å². The van der Waals surface area contributed by atoms with Gasteiger partial charge in [0.1, 0.15) is 0 Å². The minimum Gasteiger partial charge on any atom is -0.314 e. The summed E-state index contributed by atoms with van der Waals surface area (Å²) in [4.78, 5) is 0. The number of aryl methyl sites for hydroxylation is 1. The molecule has 19 heavy (non-hydrogen) atoms. The van der Waals surface area contributed by atoms with E-state index in [-0.39, 0.29) is 0 Å². The van der Waals surface area contributed by atoms with E-state index >= 15 is 0 Å². The molecular weight excluding hydrogens is 230 g/mol. The molecule has 1 aromatic carbocycles. The molecule has 0 heterocycles. The van der Waals surface area contributed by atoms with Crippen LogP contribution in [0.3, 0.4) is 0 Å². The summed E-state index contributed by atoms with van der Waals surface area (Å²) in [5.74, 6) is 2.16. The van der Waals surface area contributed by atoms with Gasteiger partial charge in [-0.15, -0.1) is 0 Å². The van der Waals surface area contributed by atoms with Gasteiger partial charge in [-0.3, -0.25) is 0 Å². The molecule has 1 nitrogen and oxygen atoms in total. The van der Waals surface area contributed by atoms with Crippen LogP contribution in [-0.2, 0) is 6.42 Å². The first-order valence-corrected chi connectivity index (χ1v) is 8.19. The third-order valence-corrected chi connectivity index (χ3v) is 4.92.